The third-order valence-electron chi connectivity index (χ3n) is 3.89. The van der Waals surface area contributed by atoms with E-state index in [1.54, 1.807) is 13.8 Å². The first-order valence-electron chi connectivity index (χ1n) is 7.25. The Labute approximate surface area is 139 Å². The molecule has 1 aromatic carbocycles. The van der Waals surface area contributed by atoms with Crippen molar-refractivity contribution in [2.75, 3.05) is 0 Å². The lowest BCUT2D eigenvalue weighted by Crippen LogP contribution is -2.44. The highest BCUT2D eigenvalue weighted by molar-refractivity contribution is 7.91. The van der Waals surface area contributed by atoms with E-state index in [-0.39, 0.29) is 16.7 Å². The molecule has 0 saturated carbocycles. The summed E-state index contributed by atoms with van der Waals surface area (Å²) in [6.07, 6.45) is 0. The van der Waals surface area contributed by atoms with Gasteiger partial charge in [0.2, 0.25) is 0 Å². The zero-order valence-electron chi connectivity index (χ0n) is 12.8. The molecule has 1 aliphatic heterocycles. The molecule has 0 bridgehead atoms. The molecule has 0 radical (unpaired) electrons. The third-order valence-corrected chi connectivity index (χ3v) is 7.50. The Kier molecular flexibility index (Phi) is 4.03. The maximum absolute atomic E-state index is 12.8. The molecular formula is C16H17NO4S2. The zero-order chi connectivity index (χ0) is 16.8. The molecule has 1 N–H and O–H groups in total. The molecule has 5 nitrogen and oxygen atoms in total. The molecule has 0 spiro atoms. The fourth-order valence-corrected chi connectivity index (χ4v) is 6.33. The van der Waals surface area contributed by atoms with Crippen LogP contribution in [0.3, 0.4) is 0 Å². The smallest absolute Gasteiger partial charge is 0.322 e. The first-order chi connectivity index (χ1) is 10.8. The summed E-state index contributed by atoms with van der Waals surface area (Å²) in [7, 11) is -3.75. The molecule has 1 aliphatic rings. The Morgan fingerprint density at radius 2 is 1.91 bits per heavy atom. The number of sulfonamides is 1. The van der Waals surface area contributed by atoms with Crippen molar-refractivity contribution in [3.8, 4) is 10.4 Å². The average Bonchev–Trinajstić information content (AvgIpc) is 3.00. The highest BCUT2D eigenvalue weighted by Crippen LogP contribution is 2.42. The van der Waals surface area contributed by atoms with Gasteiger partial charge in [0.05, 0.1) is 0 Å². The minimum Gasteiger partial charge on any atom is -0.480 e. The van der Waals surface area contributed by atoms with Crippen LogP contribution in [0.5, 0.6) is 0 Å². The molecule has 7 heteroatoms. The van der Waals surface area contributed by atoms with Gasteiger partial charge in [0, 0.05) is 11.4 Å². The average molecular weight is 351 g/mol. The van der Waals surface area contributed by atoms with Crippen molar-refractivity contribution in [2.45, 2.75) is 30.6 Å². The number of thiophene rings is 1. The van der Waals surface area contributed by atoms with Crippen LogP contribution < -0.4 is 0 Å². The van der Waals surface area contributed by atoms with E-state index < -0.39 is 22.0 Å². The fraction of sp³-hybridized carbons (Fsp3) is 0.312. The van der Waals surface area contributed by atoms with E-state index in [0.29, 0.717) is 5.56 Å². The van der Waals surface area contributed by atoms with Gasteiger partial charge in [-0.25, -0.2) is 8.42 Å². The second kappa shape index (κ2) is 5.74. The summed E-state index contributed by atoms with van der Waals surface area (Å²) >= 11 is 1.20. The van der Waals surface area contributed by atoms with Gasteiger partial charge in [-0.2, -0.15) is 4.31 Å². The Balaban J connectivity index is 2.01. The number of hydrogen-bond donors (Lipinski definition) is 1. The van der Waals surface area contributed by atoms with Crippen molar-refractivity contribution < 1.29 is 18.3 Å². The van der Waals surface area contributed by atoms with Crippen LogP contribution in [0.2, 0.25) is 0 Å². The van der Waals surface area contributed by atoms with Gasteiger partial charge in [-0.3, -0.25) is 4.79 Å². The van der Waals surface area contributed by atoms with Crippen LogP contribution >= 0.6 is 11.3 Å². The second-order valence-electron chi connectivity index (χ2n) is 5.87. The molecular weight excluding hydrogens is 334 g/mol. The van der Waals surface area contributed by atoms with Crippen molar-refractivity contribution in [1.29, 1.82) is 0 Å². The van der Waals surface area contributed by atoms with Crippen LogP contribution in [0.25, 0.3) is 10.4 Å². The quantitative estimate of drug-likeness (QED) is 0.919. The summed E-state index contributed by atoms with van der Waals surface area (Å²) in [4.78, 5) is 12.4. The number of nitrogens with zero attached hydrogens (tertiary/aromatic N) is 1. The maximum Gasteiger partial charge on any atom is 0.322 e. The molecule has 0 amide bonds. The number of aliphatic carboxylic acids is 1. The van der Waals surface area contributed by atoms with Crippen molar-refractivity contribution in [2.24, 2.45) is 5.92 Å². The standard InChI is InChI=1S/C16H17NO4S2/c1-10(2)14(15(18)19)17-9-12-8-13(11-6-4-3-5-7-11)22-16(12)23(17,20)21/h3-8,10,14H,9H2,1-2H3,(H,18,19)/t14-/m1/s1. The van der Waals surface area contributed by atoms with E-state index >= 15 is 0 Å². The first kappa shape index (κ1) is 16.2. The van der Waals surface area contributed by atoms with Gasteiger partial charge >= 0.3 is 5.97 Å². The van der Waals surface area contributed by atoms with Crippen LogP contribution in [-0.4, -0.2) is 29.8 Å². The Bertz CT molecular complexity index is 840. The minimum atomic E-state index is -3.75. The van der Waals surface area contributed by atoms with E-state index in [1.165, 1.54) is 11.3 Å². The molecule has 122 valence electrons. The molecule has 0 fully saturated rings. The van der Waals surface area contributed by atoms with Crippen LogP contribution in [0.15, 0.2) is 40.6 Å². The molecule has 0 saturated heterocycles. The van der Waals surface area contributed by atoms with Crippen molar-refractivity contribution in [3.63, 3.8) is 0 Å². The van der Waals surface area contributed by atoms with E-state index in [4.69, 9.17) is 0 Å². The highest BCUT2D eigenvalue weighted by atomic mass is 32.2. The van der Waals surface area contributed by atoms with E-state index in [2.05, 4.69) is 0 Å². The van der Waals surface area contributed by atoms with Gasteiger partial charge in [-0.05, 0) is 23.1 Å². The zero-order valence-corrected chi connectivity index (χ0v) is 14.4. The van der Waals surface area contributed by atoms with Crippen LogP contribution in [0, 0.1) is 5.92 Å². The number of benzene rings is 1. The molecule has 2 heterocycles. The Morgan fingerprint density at radius 3 is 2.43 bits per heavy atom. The number of fused-ring (bicyclic) bond motifs is 1. The number of hydrogen-bond acceptors (Lipinski definition) is 4. The lowest BCUT2D eigenvalue weighted by Gasteiger charge is -2.25. The summed E-state index contributed by atoms with van der Waals surface area (Å²) < 4.78 is 26.9. The van der Waals surface area contributed by atoms with Gasteiger partial charge in [0.25, 0.3) is 10.0 Å². The van der Waals surface area contributed by atoms with Gasteiger partial charge < -0.3 is 5.11 Å². The van der Waals surface area contributed by atoms with Gasteiger partial charge in [0.15, 0.2) is 0 Å². The SMILES string of the molecule is CC(C)[C@H](C(=O)O)N1Cc2cc(-c3ccccc3)sc2S1(=O)=O. The largest absolute Gasteiger partial charge is 0.480 e. The van der Waals surface area contributed by atoms with Crippen molar-refractivity contribution in [1.82, 2.24) is 4.31 Å². The Hall–Kier alpha value is -1.70. The summed E-state index contributed by atoms with van der Waals surface area (Å²) in [5.41, 5.74) is 1.65. The van der Waals surface area contributed by atoms with Crippen LogP contribution in [0.1, 0.15) is 19.4 Å². The lowest BCUT2D eigenvalue weighted by atomic mass is 10.0. The molecule has 1 atom stereocenters. The first-order valence-corrected chi connectivity index (χ1v) is 9.51. The van der Waals surface area contributed by atoms with Gasteiger partial charge in [0.1, 0.15) is 10.3 Å². The van der Waals surface area contributed by atoms with Gasteiger partial charge in [-0.1, -0.05) is 44.2 Å². The number of carboxylic acids is 1. The molecule has 2 aromatic rings. The van der Waals surface area contributed by atoms with Crippen LogP contribution in [-0.2, 0) is 21.4 Å². The summed E-state index contributed by atoms with van der Waals surface area (Å²) in [5.74, 6) is -1.41. The van der Waals surface area contributed by atoms with E-state index in [0.717, 1.165) is 14.7 Å². The summed E-state index contributed by atoms with van der Waals surface area (Å²) in [5, 5.41) is 9.38. The predicted octanol–water partition coefficient (Wildman–Crippen LogP) is 3.03. The summed E-state index contributed by atoms with van der Waals surface area (Å²) in [6, 6.07) is 10.4. The van der Waals surface area contributed by atoms with E-state index in [9.17, 15) is 18.3 Å². The number of carboxylic acid groups (broad SMARTS) is 1. The topological polar surface area (TPSA) is 74.7 Å². The molecule has 0 unspecified atom stereocenters. The minimum absolute atomic E-state index is 0.121. The Morgan fingerprint density at radius 1 is 1.26 bits per heavy atom. The molecule has 3 rings (SSSR count). The van der Waals surface area contributed by atoms with Crippen LogP contribution in [0.4, 0.5) is 0 Å². The summed E-state index contributed by atoms with van der Waals surface area (Å²) in [6.45, 7) is 3.56. The number of carbonyl (C=O) groups is 1. The fourth-order valence-electron chi connectivity index (χ4n) is 2.83. The molecule has 0 aliphatic carbocycles. The second-order valence-corrected chi connectivity index (χ2v) is 9.00. The highest BCUT2D eigenvalue weighted by Gasteiger charge is 2.44. The predicted molar refractivity (Wildman–Crippen MR) is 88.7 cm³/mol. The number of rotatable bonds is 4. The molecule has 1 aromatic heterocycles. The lowest BCUT2D eigenvalue weighted by molar-refractivity contribution is -0.143. The van der Waals surface area contributed by atoms with Gasteiger partial charge in [-0.15, -0.1) is 11.3 Å². The normalized spacial score (nSPS) is 18.0. The third kappa shape index (κ3) is 2.69. The van der Waals surface area contributed by atoms with Crippen molar-refractivity contribution in [3.05, 3.63) is 42.0 Å². The monoisotopic (exact) mass is 351 g/mol. The van der Waals surface area contributed by atoms with E-state index in [1.807, 2.05) is 36.4 Å². The van der Waals surface area contributed by atoms with Crippen molar-refractivity contribution >= 4 is 27.3 Å². The molecule has 23 heavy (non-hydrogen) atoms. The maximum atomic E-state index is 12.8.